The molecule has 1 aromatic carbocycles. The summed E-state index contributed by atoms with van der Waals surface area (Å²) in [6, 6.07) is 7.43. The maximum absolute atomic E-state index is 12.3. The first kappa shape index (κ1) is 15.2. The van der Waals surface area contributed by atoms with Gasteiger partial charge >= 0.3 is 0 Å². The Balaban J connectivity index is 1.65. The minimum Gasteiger partial charge on any atom is -0.497 e. The van der Waals surface area contributed by atoms with Crippen LogP contribution in [0.5, 0.6) is 5.75 Å². The molecule has 1 amide bonds. The lowest BCUT2D eigenvalue weighted by molar-refractivity contribution is 0.0302. The molecule has 0 atom stereocenters. The molecule has 0 spiro atoms. The van der Waals surface area contributed by atoms with Crippen molar-refractivity contribution in [3.05, 3.63) is 42.2 Å². The van der Waals surface area contributed by atoms with Crippen LogP contribution in [0.15, 0.2) is 36.7 Å². The van der Waals surface area contributed by atoms with Crippen molar-refractivity contribution >= 4 is 17.5 Å². The second-order valence-corrected chi connectivity index (χ2v) is 5.05. The molecule has 1 aromatic heterocycles. The number of aromatic nitrogens is 2. The molecule has 1 fully saturated rings. The number of hydrogen-bond acceptors (Lipinski definition) is 6. The van der Waals surface area contributed by atoms with Gasteiger partial charge in [-0.3, -0.25) is 4.79 Å². The minimum absolute atomic E-state index is 0.0655. The number of amides is 1. The number of nitrogens with zero attached hydrogens (tertiary/aromatic N) is 3. The number of hydrogen-bond donors (Lipinski definition) is 1. The van der Waals surface area contributed by atoms with Gasteiger partial charge in [0.2, 0.25) is 5.95 Å². The summed E-state index contributed by atoms with van der Waals surface area (Å²) in [5.74, 6) is 1.15. The van der Waals surface area contributed by atoms with Crippen molar-refractivity contribution in [3.8, 4) is 5.75 Å². The molecule has 7 nitrogen and oxygen atoms in total. The van der Waals surface area contributed by atoms with Crippen molar-refractivity contribution in [2.45, 2.75) is 0 Å². The zero-order valence-corrected chi connectivity index (χ0v) is 12.9. The molecular weight excluding hydrogens is 296 g/mol. The van der Waals surface area contributed by atoms with E-state index in [0.29, 0.717) is 37.8 Å². The van der Waals surface area contributed by atoms with Gasteiger partial charge in [-0.25, -0.2) is 9.97 Å². The summed E-state index contributed by atoms with van der Waals surface area (Å²) in [4.78, 5) is 22.4. The number of anilines is 2. The van der Waals surface area contributed by atoms with E-state index in [4.69, 9.17) is 9.47 Å². The zero-order valence-electron chi connectivity index (χ0n) is 12.9. The highest BCUT2D eigenvalue weighted by Crippen LogP contribution is 2.17. The molecule has 7 heteroatoms. The number of nitrogens with one attached hydrogen (secondary N) is 1. The molecule has 3 rings (SSSR count). The van der Waals surface area contributed by atoms with Gasteiger partial charge in [-0.05, 0) is 24.3 Å². The Labute approximate surface area is 134 Å². The van der Waals surface area contributed by atoms with E-state index in [-0.39, 0.29) is 5.91 Å². The van der Waals surface area contributed by atoms with E-state index in [1.165, 1.54) is 12.4 Å². The molecule has 2 heterocycles. The summed E-state index contributed by atoms with van der Waals surface area (Å²) >= 11 is 0. The summed E-state index contributed by atoms with van der Waals surface area (Å²) in [5, 5.41) is 3.08. The molecule has 0 saturated carbocycles. The van der Waals surface area contributed by atoms with Crippen LogP contribution in [-0.2, 0) is 4.74 Å². The largest absolute Gasteiger partial charge is 0.497 e. The molecule has 0 bridgehead atoms. The van der Waals surface area contributed by atoms with Crippen LogP contribution in [0.1, 0.15) is 10.4 Å². The Morgan fingerprint density at radius 3 is 2.43 bits per heavy atom. The fourth-order valence-corrected chi connectivity index (χ4v) is 2.26. The van der Waals surface area contributed by atoms with Gasteiger partial charge < -0.3 is 19.7 Å². The molecule has 0 unspecified atom stereocenters. The molecule has 1 aliphatic rings. The third-order valence-corrected chi connectivity index (χ3v) is 3.54. The molecular formula is C16H18N4O3. The highest BCUT2D eigenvalue weighted by Gasteiger charge is 2.19. The molecule has 2 aromatic rings. The van der Waals surface area contributed by atoms with Crippen molar-refractivity contribution < 1.29 is 14.3 Å². The summed E-state index contributed by atoms with van der Waals surface area (Å²) in [6.07, 6.45) is 3.08. The number of ether oxygens (including phenoxy) is 2. The Hall–Kier alpha value is -2.67. The smallest absolute Gasteiger partial charge is 0.257 e. The van der Waals surface area contributed by atoms with E-state index >= 15 is 0 Å². The van der Waals surface area contributed by atoms with Gasteiger partial charge in [-0.2, -0.15) is 0 Å². The quantitative estimate of drug-likeness (QED) is 0.925. The van der Waals surface area contributed by atoms with E-state index in [9.17, 15) is 4.79 Å². The van der Waals surface area contributed by atoms with E-state index < -0.39 is 0 Å². The van der Waals surface area contributed by atoms with Gasteiger partial charge in [0.05, 0.1) is 25.9 Å². The lowest BCUT2D eigenvalue weighted by Gasteiger charge is -2.26. The van der Waals surface area contributed by atoms with Gasteiger partial charge in [0.15, 0.2) is 0 Å². The minimum atomic E-state index is -0.0655. The first-order chi connectivity index (χ1) is 11.3. The number of rotatable bonds is 4. The standard InChI is InChI=1S/C16H18N4O3/c1-22-14-4-2-13(3-5-14)19-16-17-10-12(11-18-16)15(21)20-6-8-23-9-7-20/h2-5,10-11H,6-9H2,1H3,(H,17,18,19). The maximum Gasteiger partial charge on any atom is 0.257 e. The van der Waals surface area contributed by atoms with Crippen LogP contribution in [-0.4, -0.2) is 54.2 Å². The van der Waals surface area contributed by atoms with Gasteiger partial charge in [-0.15, -0.1) is 0 Å². The molecule has 1 N–H and O–H groups in total. The summed E-state index contributed by atoms with van der Waals surface area (Å²) in [6.45, 7) is 2.35. The second kappa shape index (κ2) is 7.06. The predicted molar refractivity (Wildman–Crippen MR) is 85.0 cm³/mol. The Morgan fingerprint density at radius 2 is 1.83 bits per heavy atom. The van der Waals surface area contributed by atoms with Crippen molar-refractivity contribution in [1.82, 2.24) is 14.9 Å². The van der Waals surface area contributed by atoms with Gasteiger partial charge in [0.25, 0.3) is 5.91 Å². The first-order valence-electron chi connectivity index (χ1n) is 7.36. The van der Waals surface area contributed by atoms with E-state index in [2.05, 4.69) is 15.3 Å². The van der Waals surface area contributed by atoms with Crippen molar-refractivity contribution in [2.75, 3.05) is 38.7 Å². The molecule has 1 saturated heterocycles. The van der Waals surface area contributed by atoms with Crippen LogP contribution >= 0.6 is 0 Å². The Morgan fingerprint density at radius 1 is 1.17 bits per heavy atom. The molecule has 1 aliphatic heterocycles. The fraction of sp³-hybridized carbons (Fsp3) is 0.312. The molecule has 120 valence electrons. The third kappa shape index (κ3) is 3.75. The molecule has 23 heavy (non-hydrogen) atoms. The SMILES string of the molecule is COc1ccc(Nc2ncc(C(=O)N3CCOCC3)cn2)cc1. The molecule has 0 radical (unpaired) electrons. The highest BCUT2D eigenvalue weighted by atomic mass is 16.5. The summed E-state index contributed by atoms with van der Waals surface area (Å²) < 4.78 is 10.4. The fourth-order valence-electron chi connectivity index (χ4n) is 2.26. The number of carbonyl (C=O) groups excluding carboxylic acids is 1. The van der Waals surface area contributed by atoms with Crippen molar-refractivity contribution in [1.29, 1.82) is 0 Å². The number of morpholine rings is 1. The van der Waals surface area contributed by atoms with Crippen molar-refractivity contribution in [2.24, 2.45) is 0 Å². The number of methoxy groups -OCH3 is 1. The van der Waals surface area contributed by atoms with Crippen LogP contribution < -0.4 is 10.1 Å². The Bertz CT molecular complexity index is 652. The van der Waals surface area contributed by atoms with Crippen LogP contribution in [0.2, 0.25) is 0 Å². The second-order valence-electron chi connectivity index (χ2n) is 5.05. The van der Waals surface area contributed by atoms with Gasteiger partial charge in [0, 0.05) is 31.2 Å². The lowest BCUT2D eigenvalue weighted by Crippen LogP contribution is -2.40. The highest BCUT2D eigenvalue weighted by molar-refractivity contribution is 5.93. The third-order valence-electron chi connectivity index (χ3n) is 3.54. The number of benzene rings is 1. The maximum atomic E-state index is 12.3. The lowest BCUT2D eigenvalue weighted by atomic mass is 10.2. The normalized spacial score (nSPS) is 14.4. The van der Waals surface area contributed by atoms with Gasteiger partial charge in [-0.1, -0.05) is 0 Å². The van der Waals surface area contributed by atoms with Crippen LogP contribution in [0.3, 0.4) is 0 Å². The predicted octanol–water partition coefficient (Wildman–Crippen LogP) is 1.70. The van der Waals surface area contributed by atoms with Gasteiger partial charge in [0.1, 0.15) is 5.75 Å². The van der Waals surface area contributed by atoms with E-state index in [1.54, 1.807) is 12.0 Å². The van der Waals surface area contributed by atoms with Crippen LogP contribution in [0.4, 0.5) is 11.6 Å². The first-order valence-corrected chi connectivity index (χ1v) is 7.36. The van der Waals surface area contributed by atoms with Crippen LogP contribution in [0, 0.1) is 0 Å². The number of carbonyl (C=O) groups is 1. The van der Waals surface area contributed by atoms with Crippen molar-refractivity contribution in [3.63, 3.8) is 0 Å². The van der Waals surface area contributed by atoms with E-state index in [1.807, 2.05) is 24.3 Å². The zero-order chi connectivity index (χ0) is 16.1. The monoisotopic (exact) mass is 314 g/mol. The molecule has 0 aliphatic carbocycles. The van der Waals surface area contributed by atoms with Crippen LogP contribution in [0.25, 0.3) is 0 Å². The summed E-state index contributed by atoms with van der Waals surface area (Å²) in [5.41, 5.74) is 1.32. The topological polar surface area (TPSA) is 76.6 Å². The average Bonchev–Trinajstić information content (AvgIpc) is 2.63. The van der Waals surface area contributed by atoms with E-state index in [0.717, 1.165) is 11.4 Å². The Kier molecular flexibility index (Phi) is 4.68. The summed E-state index contributed by atoms with van der Waals surface area (Å²) in [7, 11) is 1.62. The average molecular weight is 314 g/mol.